The number of hydrogen-bond acceptors (Lipinski definition) is 3. The Kier molecular flexibility index (Phi) is 8.20. The minimum atomic E-state index is 0. The van der Waals surface area contributed by atoms with E-state index in [-0.39, 0.29) is 24.0 Å². The van der Waals surface area contributed by atoms with Crippen LogP contribution < -0.4 is 10.6 Å². The normalized spacial score (nSPS) is 18.0. The van der Waals surface area contributed by atoms with Crippen LogP contribution in [0.1, 0.15) is 24.1 Å². The van der Waals surface area contributed by atoms with Crippen LogP contribution >= 0.6 is 24.0 Å². The average Bonchev–Trinajstić information content (AvgIpc) is 3.28. The molecule has 0 spiro atoms. The number of aliphatic imine (C=N–C) groups is 1. The molecule has 1 saturated heterocycles. The molecule has 0 radical (unpaired) electrons. The number of guanidine groups is 1. The molecule has 1 aromatic heterocycles. The molecular weight excluding hydrogens is 427 g/mol. The van der Waals surface area contributed by atoms with E-state index in [0.29, 0.717) is 12.6 Å². The molecule has 7 heteroatoms. The van der Waals surface area contributed by atoms with E-state index in [9.17, 15) is 0 Å². The van der Waals surface area contributed by atoms with Gasteiger partial charge in [0.1, 0.15) is 0 Å². The minimum Gasteiger partial charge on any atom is -0.355 e. The molecule has 2 aromatic rings. The molecule has 3 N–H and O–H groups in total. The second kappa shape index (κ2) is 10.4. The third-order valence-electron chi connectivity index (χ3n) is 4.46. The van der Waals surface area contributed by atoms with Crippen molar-refractivity contribution < 1.29 is 0 Å². The number of aromatic amines is 1. The van der Waals surface area contributed by atoms with Gasteiger partial charge in [0.25, 0.3) is 0 Å². The fourth-order valence-corrected chi connectivity index (χ4v) is 3.15. The zero-order chi connectivity index (χ0) is 16.6. The predicted molar refractivity (Wildman–Crippen MR) is 112 cm³/mol. The SMILES string of the molecule is CN=C(NCc1ccn[nH]1)NCC1CCCN1Cc1ccccc1.I. The molecule has 136 valence electrons. The lowest BCUT2D eigenvalue weighted by Gasteiger charge is -2.25. The van der Waals surface area contributed by atoms with Crippen LogP contribution in [0.3, 0.4) is 0 Å². The summed E-state index contributed by atoms with van der Waals surface area (Å²) in [6.07, 6.45) is 4.25. The third-order valence-corrected chi connectivity index (χ3v) is 4.46. The van der Waals surface area contributed by atoms with E-state index in [4.69, 9.17) is 0 Å². The first-order valence-electron chi connectivity index (χ1n) is 8.56. The van der Waals surface area contributed by atoms with Crippen molar-refractivity contribution in [3.63, 3.8) is 0 Å². The highest BCUT2D eigenvalue weighted by Crippen LogP contribution is 2.19. The van der Waals surface area contributed by atoms with E-state index in [1.165, 1.54) is 24.9 Å². The van der Waals surface area contributed by atoms with Crippen molar-refractivity contribution in [1.82, 2.24) is 25.7 Å². The Balaban J connectivity index is 0.00000225. The third kappa shape index (κ3) is 6.00. The lowest BCUT2D eigenvalue weighted by Crippen LogP contribution is -2.44. The molecule has 1 aromatic carbocycles. The van der Waals surface area contributed by atoms with Gasteiger partial charge in [-0.15, -0.1) is 24.0 Å². The molecular formula is C18H27IN6. The zero-order valence-corrected chi connectivity index (χ0v) is 16.9. The molecule has 6 nitrogen and oxygen atoms in total. The van der Waals surface area contributed by atoms with Crippen molar-refractivity contribution in [2.24, 2.45) is 4.99 Å². The maximum atomic E-state index is 4.30. The summed E-state index contributed by atoms with van der Waals surface area (Å²) in [7, 11) is 1.80. The van der Waals surface area contributed by atoms with Crippen LogP contribution in [-0.4, -0.2) is 47.2 Å². The zero-order valence-electron chi connectivity index (χ0n) is 14.6. The first-order chi connectivity index (χ1) is 11.8. The average molecular weight is 454 g/mol. The highest BCUT2D eigenvalue weighted by Gasteiger charge is 2.24. The number of rotatable bonds is 6. The van der Waals surface area contributed by atoms with Crippen molar-refractivity contribution >= 4 is 29.9 Å². The van der Waals surface area contributed by atoms with Crippen LogP contribution in [0.15, 0.2) is 47.6 Å². The maximum Gasteiger partial charge on any atom is 0.191 e. The first-order valence-corrected chi connectivity index (χ1v) is 8.56. The first kappa shape index (κ1) is 19.7. The molecule has 1 aliphatic rings. The van der Waals surface area contributed by atoms with Gasteiger partial charge in [-0.05, 0) is 31.0 Å². The lowest BCUT2D eigenvalue weighted by molar-refractivity contribution is 0.245. The Morgan fingerprint density at radius 2 is 2.12 bits per heavy atom. The molecule has 0 bridgehead atoms. The monoisotopic (exact) mass is 454 g/mol. The molecule has 1 unspecified atom stereocenters. The number of halogens is 1. The Bertz CT molecular complexity index is 628. The molecule has 0 aliphatic carbocycles. The summed E-state index contributed by atoms with van der Waals surface area (Å²) < 4.78 is 0. The van der Waals surface area contributed by atoms with E-state index in [0.717, 1.165) is 24.7 Å². The van der Waals surface area contributed by atoms with Crippen LogP contribution in [0.2, 0.25) is 0 Å². The van der Waals surface area contributed by atoms with Gasteiger partial charge in [0.05, 0.1) is 12.2 Å². The van der Waals surface area contributed by atoms with Gasteiger partial charge in [-0.3, -0.25) is 15.0 Å². The number of nitrogens with zero attached hydrogens (tertiary/aromatic N) is 3. The van der Waals surface area contributed by atoms with Crippen molar-refractivity contribution in [2.75, 3.05) is 20.1 Å². The Labute approximate surface area is 166 Å². The lowest BCUT2D eigenvalue weighted by atomic mass is 10.2. The smallest absolute Gasteiger partial charge is 0.191 e. The van der Waals surface area contributed by atoms with E-state index in [1.807, 2.05) is 6.07 Å². The number of H-pyrrole nitrogens is 1. The minimum absolute atomic E-state index is 0. The van der Waals surface area contributed by atoms with Crippen molar-refractivity contribution in [2.45, 2.75) is 32.0 Å². The molecule has 2 heterocycles. The summed E-state index contributed by atoms with van der Waals surface area (Å²) in [5.41, 5.74) is 2.43. The Morgan fingerprint density at radius 1 is 1.28 bits per heavy atom. The van der Waals surface area contributed by atoms with Gasteiger partial charge in [-0.1, -0.05) is 30.3 Å². The fraction of sp³-hybridized carbons (Fsp3) is 0.444. The van der Waals surface area contributed by atoms with Crippen molar-refractivity contribution in [3.8, 4) is 0 Å². The van der Waals surface area contributed by atoms with Gasteiger partial charge in [0, 0.05) is 32.4 Å². The van der Waals surface area contributed by atoms with Gasteiger partial charge in [-0.2, -0.15) is 5.10 Å². The van der Waals surface area contributed by atoms with Crippen LogP contribution in [0.5, 0.6) is 0 Å². The topological polar surface area (TPSA) is 68.3 Å². The second-order valence-corrected chi connectivity index (χ2v) is 6.14. The standard InChI is InChI=1S/C18H26N6.HI/c1-19-18(20-12-16-9-10-22-23-16)21-13-17-8-5-11-24(17)14-15-6-3-2-4-7-15;/h2-4,6-7,9-10,17H,5,8,11-14H2,1H3,(H,22,23)(H2,19,20,21);1H. The highest BCUT2D eigenvalue weighted by molar-refractivity contribution is 14.0. The van der Waals surface area contributed by atoms with Gasteiger partial charge in [-0.25, -0.2) is 0 Å². The molecule has 1 aliphatic heterocycles. The largest absolute Gasteiger partial charge is 0.355 e. The Hall–Kier alpha value is -1.61. The summed E-state index contributed by atoms with van der Waals surface area (Å²) in [6.45, 7) is 3.79. The van der Waals surface area contributed by atoms with Crippen LogP contribution in [0, 0.1) is 0 Å². The van der Waals surface area contributed by atoms with Gasteiger partial charge in [0.15, 0.2) is 5.96 Å². The Morgan fingerprint density at radius 3 is 2.84 bits per heavy atom. The van der Waals surface area contributed by atoms with Crippen LogP contribution in [0.4, 0.5) is 0 Å². The van der Waals surface area contributed by atoms with Gasteiger partial charge in [0.2, 0.25) is 0 Å². The quantitative estimate of drug-likeness (QED) is 0.356. The number of benzene rings is 1. The summed E-state index contributed by atoms with van der Waals surface area (Å²) >= 11 is 0. The summed E-state index contributed by atoms with van der Waals surface area (Å²) in [4.78, 5) is 6.86. The van der Waals surface area contributed by atoms with Crippen molar-refractivity contribution in [1.29, 1.82) is 0 Å². The predicted octanol–water partition coefficient (Wildman–Crippen LogP) is 2.36. The summed E-state index contributed by atoms with van der Waals surface area (Å²) in [5.74, 6) is 0.830. The molecule has 1 fully saturated rings. The van der Waals surface area contributed by atoms with Gasteiger partial charge < -0.3 is 10.6 Å². The van der Waals surface area contributed by atoms with E-state index < -0.39 is 0 Å². The molecule has 1 atom stereocenters. The van der Waals surface area contributed by atoms with E-state index in [1.54, 1.807) is 13.2 Å². The number of aromatic nitrogens is 2. The molecule has 3 rings (SSSR count). The summed E-state index contributed by atoms with van der Waals surface area (Å²) in [5, 5.41) is 13.7. The fourth-order valence-electron chi connectivity index (χ4n) is 3.15. The molecule has 25 heavy (non-hydrogen) atoms. The maximum absolute atomic E-state index is 4.30. The number of nitrogens with one attached hydrogen (secondary N) is 3. The molecule has 0 saturated carbocycles. The molecule has 0 amide bonds. The highest BCUT2D eigenvalue weighted by atomic mass is 127. The number of likely N-dealkylation sites (tertiary alicyclic amines) is 1. The van der Waals surface area contributed by atoms with Crippen molar-refractivity contribution in [3.05, 3.63) is 53.9 Å². The van der Waals surface area contributed by atoms with E-state index in [2.05, 4.69) is 61.1 Å². The van der Waals surface area contributed by atoms with Gasteiger partial charge >= 0.3 is 0 Å². The second-order valence-electron chi connectivity index (χ2n) is 6.14. The summed E-state index contributed by atoms with van der Waals surface area (Å²) in [6, 6.07) is 13.2. The van der Waals surface area contributed by atoms with E-state index >= 15 is 0 Å². The number of hydrogen-bond donors (Lipinski definition) is 3. The van der Waals surface area contributed by atoms with Crippen LogP contribution in [-0.2, 0) is 13.1 Å². The van der Waals surface area contributed by atoms with Crippen LogP contribution in [0.25, 0.3) is 0 Å².